The predicted octanol–water partition coefficient (Wildman–Crippen LogP) is 14.3. The number of aryl methyl sites for hydroxylation is 3. The van der Waals surface area contributed by atoms with E-state index in [1.54, 1.807) is 11.3 Å². The maximum atomic E-state index is 16.2. The normalized spacial score (nSPS) is 11.7. The van der Waals surface area contributed by atoms with Gasteiger partial charge >= 0.3 is 0 Å². The van der Waals surface area contributed by atoms with Crippen LogP contribution in [0.5, 0.6) is 0 Å². The Morgan fingerprint density at radius 2 is 1.41 bits per heavy atom. The van der Waals surface area contributed by atoms with Crippen LogP contribution in [0.2, 0.25) is 0 Å². The molecule has 3 aromatic heterocycles. The number of pyridine rings is 1. The fourth-order valence-corrected chi connectivity index (χ4v) is 10.1. The Morgan fingerprint density at radius 1 is 0.786 bits per heavy atom. The molecule has 7 heteroatoms. The van der Waals surface area contributed by atoms with Gasteiger partial charge in [0, 0.05) is 70.3 Å². The Bertz CT molecular complexity index is 2540. The zero-order valence-electron chi connectivity index (χ0n) is 33.4. The minimum absolute atomic E-state index is 0. The van der Waals surface area contributed by atoms with Gasteiger partial charge in [0.15, 0.2) is 5.78 Å². The molecule has 0 saturated heterocycles. The molecule has 293 valence electrons. The summed E-state index contributed by atoms with van der Waals surface area (Å²) >= 11 is 3.30. The second-order valence-electron chi connectivity index (χ2n) is 14.5. The van der Waals surface area contributed by atoms with Crippen LogP contribution in [0.25, 0.3) is 63.1 Å². The van der Waals surface area contributed by atoms with E-state index in [9.17, 15) is 9.90 Å². The Balaban J connectivity index is 0.000000322. The molecule has 0 aliphatic rings. The van der Waals surface area contributed by atoms with Crippen molar-refractivity contribution in [3.63, 3.8) is 0 Å². The zero-order valence-corrected chi connectivity index (χ0v) is 37.4. The molecule has 0 amide bonds. The van der Waals surface area contributed by atoms with Gasteiger partial charge in [-0.1, -0.05) is 94.8 Å². The number of hydrogen-bond donors (Lipinski definition) is 1. The fourth-order valence-electron chi connectivity index (χ4n) is 7.60. The summed E-state index contributed by atoms with van der Waals surface area (Å²) in [6.45, 7) is 18.8. The molecule has 0 atom stereocenters. The maximum absolute atomic E-state index is 16.2. The van der Waals surface area contributed by atoms with Crippen molar-refractivity contribution >= 4 is 58.7 Å². The first kappa shape index (κ1) is 42.9. The van der Waals surface area contributed by atoms with Gasteiger partial charge in [-0.3, -0.25) is 4.79 Å². The van der Waals surface area contributed by atoms with Gasteiger partial charge < -0.3 is 9.67 Å². The average molecular weight is 961 g/mol. The number of aromatic nitrogens is 1. The van der Waals surface area contributed by atoms with E-state index in [4.69, 9.17) is 0 Å². The SMILES string of the molecule is CCC(CC)C(=O)/C=C(\O)C(CC)CC.[CH2-]c1c(C)cc(C)cc1-c1c2sc3c(F)c(-c4ccc(-c5sc6ccccc6c5C)cc4)ccc3c2cc[n+]1[CH2-].[Ir]. The number of rotatable bonds is 10. The van der Waals surface area contributed by atoms with Gasteiger partial charge in [0.2, 0.25) is 0 Å². The third-order valence-electron chi connectivity index (χ3n) is 11.0. The second kappa shape index (κ2) is 18.3. The van der Waals surface area contributed by atoms with Crippen LogP contribution in [-0.4, -0.2) is 10.9 Å². The van der Waals surface area contributed by atoms with Crippen molar-refractivity contribution in [3.8, 4) is 32.8 Å². The van der Waals surface area contributed by atoms with E-state index in [0.29, 0.717) is 10.3 Å². The number of ketones is 1. The number of aliphatic hydroxyl groups is 1. The quantitative estimate of drug-likeness (QED) is 0.0642. The largest absolute Gasteiger partial charge is 0.512 e. The second-order valence-corrected chi connectivity index (χ2v) is 16.6. The molecule has 56 heavy (non-hydrogen) atoms. The molecule has 3 heterocycles. The van der Waals surface area contributed by atoms with Gasteiger partial charge in [0.1, 0.15) is 5.82 Å². The van der Waals surface area contributed by atoms with Crippen molar-refractivity contribution in [2.24, 2.45) is 11.8 Å². The van der Waals surface area contributed by atoms with E-state index in [0.717, 1.165) is 74.7 Å². The van der Waals surface area contributed by atoms with Gasteiger partial charge in [-0.05, 0) is 79.1 Å². The van der Waals surface area contributed by atoms with Gasteiger partial charge in [-0.15, -0.1) is 40.4 Å². The van der Waals surface area contributed by atoms with Crippen LogP contribution in [0.4, 0.5) is 4.39 Å². The number of thiophene rings is 2. The number of allylic oxidation sites excluding steroid dienone is 2. The summed E-state index contributed by atoms with van der Waals surface area (Å²) in [7, 11) is 4.26. The molecule has 0 spiro atoms. The number of nitrogens with zero attached hydrogens (tertiary/aromatic N) is 1. The molecule has 4 aromatic carbocycles. The van der Waals surface area contributed by atoms with Crippen LogP contribution in [0.1, 0.15) is 75.6 Å². The molecule has 0 unspecified atom stereocenters. The van der Waals surface area contributed by atoms with E-state index in [1.807, 2.05) is 62.7 Å². The van der Waals surface area contributed by atoms with Gasteiger partial charge in [0.05, 0.1) is 22.3 Å². The molecule has 0 bridgehead atoms. The summed E-state index contributed by atoms with van der Waals surface area (Å²) in [5.41, 5.74) is 9.23. The minimum Gasteiger partial charge on any atom is -0.512 e. The van der Waals surface area contributed by atoms with E-state index in [-0.39, 0.29) is 49.3 Å². The Morgan fingerprint density at radius 3 is 2.05 bits per heavy atom. The molecule has 3 nitrogen and oxygen atoms in total. The fraction of sp³-hybridized carbons (Fsp3) is 0.265. The molecule has 1 radical (unpaired) electrons. The van der Waals surface area contributed by atoms with Crippen LogP contribution in [0.15, 0.2) is 96.9 Å². The van der Waals surface area contributed by atoms with Crippen molar-refractivity contribution in [1.82, 2.24) is 0 Å². The molecule has 0 fully saturated rings. The predicted molar refractivity (Wildman–Crippen MR) is 234 cm³/mol. The number of aliphatic hydroxyl groups excluding tert-OH is 1. The smallest absolute Gasteiger partial charge is 0.162 e. The molecule has 7 aromatic rings. The van der Waals surface area contributed by atoms with Crippen molar-refractivity contribution < 1.29 is 39.0 Å². The zero-order chi connectivity index (χ0) is 39.6. The molecule has 1 N–H and O–H groups in total. The van der Waals surface area contributed by atoms with E-state index < -0.39 is 0 Å². The summed E-state index contributed by atoms with van der Waals surface area (Å²) in [6.07, 6.45) is 6.87. The Kier molecular flexibility index (Phi) is 14.0. The third-order valence-corrected chi connectivity index (χ3v) is 13.6. The van der Waals surface area contributed by atoms with Crippen LogP contribution in [0.3, 0.4) is 0 Å². The average Bonchev–Trinajstić information content (AvgIpc) is 3.73. The minimum atomic E-state index is -0.179. The van der Waals surface area contributed by atoms with Crippen LogP contribution in [-0.2, 0) is 24.9 Å². The first-order chi connectivity index (χ1) is 26.4. The van der Waals surface area contributed by atoms with Crippen molar-refractivity contribution in [2.75, 3.05) is 0 Å². The Hall–Kier alpha value is -4.26. The first-order valence-corrected chi connectivity index (χ1v) is 20.9. The van der Waals surface area contributed by atoms with E-state index in [1.165, 1.54) is 43.5 Å². The molecule has 0 saturated carbocycles. The number of hydrogen-bond acceptors (Lipinski definition) is 4. The monoisotopic (exact) mass is 961 g/mol. The molecular weight excluding hydrogens is 910 g/mol. The summed E-state index contributed by atoms with van der Waals surface area (Å²) < 4.78 is 21.1. The number of carbonyl (C=O) groups is 1. The van der Waals surface area contributed by atoms with Crippen LogP contribution < -0.4 is 4.57 Å². The molecule has 0 aliphatic carbocycles. The van der Waals surface area contributed by atoms with Gasteiger partial charge in [-0.25, -0.2) is 4.39 Å². The number of benzene rings is 4. The van der Waals surface area contributed by atoms with Crippen molar-refractivity contribution in [2.45, 2.75) is 74.1 Å². The molecule has 0 aliphatic heterocycles. The summed E-state index contributed by atoms with van der Waals surface area (Å²) in [4.78, 5) is 13.0. The summed E-state index contributed by atoms with van der Waals surface area (Å²) in [5, 5.41) is 13.0. The molecular formula is C49H51FIrNO2S2-. The summed E-state index contributed by atoms with van der Waals surface area (Å²) in [6, 6.07) is 27.1. The Labute approximate surface area is 353 Å². The standard InChI is InChI=1S/C36H27FNS2.C13H24O2.Ir/c1-20-18-21(2)22(3)30(19-20)33-36-29(16-17-38(33)5)28-15-14-27(32(37)35(28)40-36)24-10-12-25(13-11-24)34-23(4)26-8-6-7-9-31(26)39-34;1-5-10(6-2)12(14)9-13(15)11(7-3)8-4;/h6-19H,3,5H2,1-2,4H3;9-11,14H,5-8H2,1-4H3;/q-1;;/b;12-9-;. The first-order valence-electron chi connectivity index (χ1n) is 19.3. The van der Waals surface area contributed by atoms with Gasteiger partial charge in [0.25, 0.3) is 0 Å². The summed E-state index contributed by atoms with van der Waals surface area (Å²) in [5.74, 6) is 0.368. The third kappa shape index (κ3) is 8.38. The maximum Gasteiger partial charge on any atom is 0.162 e. The van der Waals surface area contributed by atoms with Crippen LogP contribution >= 0.6 is 22.7 Å². The topological polar surface area (TPSA) is 41.2 Å². The number of halogens is 1. The van der Waals surface area contributed by atoms with Crippen molar-refractivity contribution in [1.29, 1.82) is 0 Å². The van der Waals surface area contributed by atoms with E-state index >= 15 is 4.39 Å². The number of carbonyl (C=O) groups excluding carboxylic acids is 1. The van der Waals surface area contributed by atoms with Crippen LogP contribution in [0, 0.1) is 52.4 Å². The molecule has 7 rings (SSSR count). The van der Waals surface area contributed by atoms with Gasteiger partial charge in [-0.2, -0.15) is 18.1 Å². The number of fused-ring (bicyclic) bond motifs is 4. The van der Waals surface area contributed by atoms with Crippen molar-refractivity contribution in [3.05, 3.63) is 139 Å². The van der Waals surface area contributed by atoms with E-state index in [2.05, 4.69) is 89.3 Å².